The van der Waals surface area contributed by atoms with Gasteiger partial charge in [0, 0.05) is 28.7 Å². The van der Waals surface area contributed by atoms with E-state index in [1.807, 2.05) is 36.5 Å². The van der Waals surface area contributed by atoms with Gasteiger partial charge in [-0.25, -0.2) is 0 Å². The summed E-state index contributed by atoms with van der Waals surface area (Å²) >= 11 is 6.02. The zero-order valence-corrected chi connectivity index (χ0v) is 14.4. The molecule has 1 heterocycles. The van der Waals surface area contributed by atoms with E-state index in [2.05, 4.69) is 4.98 Å². The lowest BCUT2D eigenvalue weighted by Crippen LogP contribution is -2.22. The van der Waals surface area contributed by atoms with Crippen molar-refractivity contribution in [3.63, 3.8) is 0 Å². The van der Waals surface area contributed by atoms with Crippen molar-refractivity contribution in [2.24, 2.45) is 11.1 Å². The van der Waals surface area contributed by atoms with Gasteiger partial charge in [-0.2, -0.15) is 0 Å². The maximum Gasteiger partial charge on any atom is 0.138 e. The summed E-state index contributed by atoms with van der Waals surface area (Å²) in [5.74, 6) is 0.780. The molecular formula is C16H19Cl3N2O. The van der Waals surface area contributed by atoms with Crippen LogP contribution in [0.4, 0.5) is 0 Å². The van der Waals surface area contributed by atoms with Gasteiger partial charge in [-0.15, -0.1) is 24.8 Å². The van der Waals surface area contributed by atoms with E-state index in [0.29, 0.717) is 18.2 Å². The van der Waals surface area contributed by atoms with Gasteiger partial charge in [0.25, 0.3) is 0 Å². The SMILES string of the molecule is Cl.Cl.NCC1(COc2cncc(-c3cccc(Cl)c3)c2)CC1. The highest BCUT2D eigenvalue weighted by Crippen LogP contribution is 2.44. The summed E-state index contributed by atoms with van der Waals surface area (Å²) in [7, 11) is 0. The monoisotopic (exact) mass is 360 g/mol. The highest BCUT2D eigenvalue weighted by atomic mass is 35.5. The lowest BCUT2D eigenvalue weighted by atomic mass is 10.1. The summed E-state index contributed by atoms with van der Waals surface area (Å²) in [5, 5.41) is 0.717. The number of pyridine rings is 1. The fourth-order valence-electron chi connectivity index (χ4n) is 2.14. The summed E-state index contributed by atoms with van der Waals surface area (Å²) in [6.07, 6.45) is 5.87. The van der Waals surface area contributed by atoms with Crippen molar-refractivity contribution in [1.82, 2.24) is 4.98 Å². The van der Waals surface area contributed by atoms with Gasteiger partial charge in [0.2, 0.25) is 0 Å². The Balaban J connectivity index is 0.00000121. The van der Waals surface area contributed by atoms with Gasteiger partial charge >= 0.3 is 0 Å². The molecule has 0 aliphatic heterocycles. The molecule has 22 heavy (non-hydrogen) atoms. The molecule has 0 bridgehead atoms. The number of halogens is 3. The van der Waals surface area contributed by atoms with Gasteiger partial charge < -0.3 is 10.5 Å². The fourth-order valence-corrected chi connectivity index (χ4v) is 2.33. The smallest absolute Gasteiger partial charge is 0.138 e. The molecule has 0 amide bonds. The average molecular weight is 362 g/mol. The summed E-state index contributed by atoms with van der Waals surface area (Å²) in [4.78, 5) is 4.24. The molecule has 0 spiro atoms. The quantitative estimate of drug-likeness (QED) is 0.860. The molecule has 1 saturated carbocycles. The van der Waals surface area contributed by atoms with Crippen LogP contribution in [-0.2, 0) is 0 Å². The Hall–Kier alpha value is -1.00. The Bertz CT molecular complexity index is 618. The topological polar surface area (TPSA) is 48.1 Å². The fraction of sp³-hybridized carbons (Fsp3) is 0.312. The Morgan fingerprint density at radius 2 is 1.91 bits per heavy atom. The van der Waals surface area contributed by atoms with Gasteiger partial charge in [0.1, 0.15) is 5.75 Å². The van der Waals surface area contributed by atoms with Crippen molar-refractivity contribution in [1.29, 1.82) is 0 Å². The van der Waals surface area contributed by atoms with E-state index < -0.39 is 0 Å². The first-order valence-electron chi connectivity index (χ1n) is 6.75. The number of rotatable bonds is 5. The van der Waals surface area contributed by atoms with Crippen molar-refractivity contribution >= 4 is 36.4 Å². The molecule has 0 radical (unpaired) electrons. The van der Waals surface area contributed by atoms with E-state index >= 15 is 0 Å². The molecule has 2 N–H and O–H groups in total. The van der Waals surface area contributed by atoms with Crippen molar-refractivity contribution in [3.05, 3.63) is 47.7 Å². The number of benzene rings is 1. The maximum atomic E-state index is 6.02. The first kappa shape index (κ1) is 19.0. The van der Waals surface area contributed by atoms with Crippen LogP contribution in [-0.4, -0.2) is 18.1 Å². The standard InChI is InChI=1S/C16H17ClN2O.2ClH/c17-14-3-1-2-12(6-14)13-7-15(9-19-8-13)20-11-16(10-18)4-5-16;;/h1-3,6-9H,4-5,10-11,18H2;2*1H. The lowest BCUT2D eigenvalue weighted by Gasteiger charge is -2.14. The van der Waals surface area contributed by atoms with Crippen molar-refractivity contribution < 1.29 is 4.74 Å². The molecule has 3 rings (SSSR count). The third-order valence-corrected chi connectivity index (χ3v) is 4.04. The Morgan fingerprint density at radius 3 is 2.55 bits per heavy atom. The van der Waals surface area contributed by atoms with Crippen LogP contribution in [0.25, 0.3) is 11.1 Å². The molecule has 3 nitrogen and oxygen atoms in total. The van der Waals surface area contributed by atoms with E-state index in [4.69, 9.17) is 22.1 Å². The zero-order chi connectivity index (χ0) is 14.0. The molecule has 120 valence electrons. The number of hydrogen-bond donors (Lipinski definition) is 1. The van der Waals surface area contributed by atoms with Gasteiger partial charge in [-0.05, 0) is 36.6 Å². The molecule has 1 aliphatic rings. The van der Waals surface area contributed by atoms with E-state index in [0.717, 1.165) is 29.7 Å². The van der Waals surface area contributed by atoms with E-state index in [1.54, 1.807) is 6.20 Å². The summed E-state index contributed by atoms with van der Waals surface area (Å²) < 4.78 is 5.84. The van der Waals surface area contributed by atoms with Gasteiger partial charge in [0.15, 0.2) is 0 Å². The van der Waals surface area contributed by atoms with Gasteiger partial charge in [-0.3, -0.25) is 4.98 Å². The molecule has 2 aromatic rings. The molecule has 1 aromatic heterocycles. The van der Waals surface area contributed by atoms with Crippen LogP contribution >= 0.6 is 36.4 Å². The van der Waals surface area contributed by atoms with Crippen LogP contribution in [0.3, 0.4) is 0 Å². The second-order valence-electron chi connectivity index (χ2n) is 5.41. The van der Waals surface area contributed by atoms with Crippen LogP contribution in [0.2, 0.25) is 5.02 Å². The molecule has 0 unspecified atom stereocenters. The molecule has 1 aromatic carbocycles. The molecular weight excluding hydrogens is 343 g/mol. The lowest BCUT2D eigenvalue weighted by molar-refractivity contribution is 0.238. The minimum atomic E-state index is 0. The molecule has 1 aliphatic carbocycles. The van der Waals surface area contributed by atoms with E-state index in [1.165, 1.54) is 0 Å². The number of ether oxygens (including phenoxy) is 1. The second kappa shape index (κ2) is 8.02. The number of nitrogens with zero attached hydrogens (tertiary/aromatic N) is 1. The third kappa shape index (κ3) is 4.50. The molecule has 0 atom stereocenters. The summed E-state index contributed by atoms with van der Waals surface area (Å²) in [5.41, 5.74) is 8.00. The van der Waals surface area contributed by atoms with Crippen LogP contribution in [0, 0.1) is 5.41 Å². The van der Waals surface area contributed by atoms with Crippen molar-refractivity contribution in [2.75, 3.05) is 13.2 Å². The Morgan fingerprint density at radius 1 is 1.14 bits per heavy atom. The predicted octanol–water partition coefficient (Wildman–Crippen LogP) is 4.36. The molecule has 0 saturated heterocycles. The number of aromatic nitrogens is 1. The average Bonchev–Trinajstić information content (AvgIpc) is 3.26. The maximum absolute atomic E-state index is 6.02. The number of hydrogen-bond acceptors (Lipinski definition) is 3. The zero-order valence-electron chi connectivity index (χ0n) is 12.0. The minimum absolute atomic E-state index is 0. The highest BCUT2D eigenvalue weighted by Gasteiger charge is 2.42. The van der Waals surface area contributed by atoms with E-state index in [9.17, 15) is 0 Å². The largest absolute Gasteiger partial charge is 0.491 e. The number of nitrogens with two attached hydrogens (primary N) is 1. The summed E-state index contributed by atoms with van der Waals surface area (Å²) in [6.45, 7) is 1.36. The Labute approximate surface area is 148 Å². The normalized spacial score (nSPS) is 14.5. The van der Waals surface area contributed by atoms with Gasteiger partial charge in [-0.1, -0.05) is 23.7 Å². The first-order chi connectivity index (χ1) is 9.71. The van der Waals surface area contributed by atoms with Crippen molar-refractivity contribution in [2.45, 2.75) is 12.8 Å². The van der Waals surface area contributed by atoms with Crippen LogP contribution in [0.5, 0.6) is 5.75 Å². The second-order valence-corrected chi connectivity index (χ2v) is 5.85. The minimum Gasteiger partial charge on any atom is -0.491 e. The van der Waals surface area contributed by atoms with Gasteiger partial charge in [0.05, 0.1) is 12.8 Å². The van der Waals surface area contributed by atoms with E-state index in [-0.39, 0.29) is 30.2 Å². The van der Waals surface area contributed by atoms with Crippen LogP contribution in [0.15, 0.2) is 42.7 Å². The van der Waals surface area contributed by atoms with Crippen molar-refractivity contribution in [3.8, 4) is 16.9 Å². The first-order valence-corrected chi connectivity index (χ1v) is 7.12. The Kier molecular flexibility index (Phi) is 6.95. The van der Waals surface area contributed by atoms with Crippen LogP contribution in [0.1, 0.15) is 12.8 Å². The predicted molar refractivity (Wildman–Crippen MR) is 95.4 cm³/mol. The van der Waals surface area contributed by atoms with Crippen LogP contribution < -0.4 is 10.5 Å². The third-order valence-electron chi connectivity index (χ3n) is 3.81. The molecule has 6 heteroatoms. The highest BCUT2D eigenvalue weighted by molar-refractivity contribution is 6.30. The molecule has 1 fully saturated rings. The summed E-state index contributed by atoms with van der Waals surface area (Å²) in [6, 6.07) is 9.71.